The third-order valence-electron chi connectivity index (χ3n) is 11.0. The molecule has 57 heavy (non-hydrogen) atoms. The average molecular weight is 827 g/mol. The first-order valence-electron chi connectivity index (χ1n) is 24.2. The summed E-state index contributed by atoms with van der Waals surface area (Å²) >= 11 is 1.47. The smallest absolute Gasteiger partial charge is 0.465 e. The number of hydrogen-bond acceptors (Lipinski definition) is 8. The van der Waals surface area contributed by atoms with Gasteiger partial charge in [0, 0.05) is 25.3 Å². The van der Waals surface area contributed by atoms with Crippen LogP contribution in [0.15, 0.2) is 0 Å². The van der Waals surface area contributed by atoms with Crippen molar-refractivity contribution >= 4 is 29.1 Å². The molecule has 0 radical (unpaired) electrons. The van der Waals surface area contributed by atoms with Gasteiger partial charge in [-0.05, 0) is 96.7 Å². The van der Waals surface area contributed by atoms with Gasteiger partial charge in [-0.25, -0.2) is 4.79 Å². The zero-order chi connectivity index (χ0) is 42.0. The van der Waals surface area contributed by atoms with Crippen LogP contribution in [0.1, 0.15) is 220 Å². The Morgan fingerprint density at radius 3 is 1.60 bits per heavy atom. The van der Waals surface area contributed by atoms with Crippen molar-refractivity contribution in [2.45, 2.75) is 220 Å². The molecule has 0 aromatic carbocycles. The topological polar surface area (TPSA) is 85.4 Å². The Hall–Kier alpha value is -1.48. The molecular weight excluding hydrogens is 733 g/mol. The summed E-state index contributed by atoms with van der Waals surface area (Å²) in [6, 6.07) is 0. The summed E-state index contributed by atoms with van der Waals surface area (Å²) in [4.78, 5) is 42.1. The lowest BCUT2D eigenvalue weighted by Crippen LogP contribution is -2.30. The average Bonchev–Trinajstić information content (AvgIpc) is 3.19. The molecular formula is C48H94N2O6S. The van der Waals surface area contributed by atoms with E-state index in [2.05, 4.69) is 51.6 Å². The van der Waals surface area contributed by atoms with E-state index in [0.717, 1.165) is 115 Å². The van der Waals surface area contributed by atoms with Gasteiger partial charge in [0.15, 0.2) is 0 Å². The van der Waals surface area contributed by atoms with Crippen molar-refractivity contribution in [1.29, 1.82) is 0 Å². The Balaban J connectivity index is 4.44. The molecule has 0 bridgehead atoms. The van der Waals surface area contributed by atoms with Crippen LogP contribution in [0.2, 0.25) is 0 Å². The Morgan fingerprint density at radius 1 is 0.509 bits per heavy atom. The van der Waals surface area contributed by atoms with Gasteiger partial charge in [0.2, 0.25) is 0 Å². The number of amides is 1. The number of rotatable bonds is 42. The minimum absolute atomic E-state index is 0.0512. The third kappa shape index (κ3) is 39.7. The maximum atomic E-state index is 13.2. The monoisotopic (exact) mass is 827 g/mol. The van der Waals surface area contributed by atoms with Crippen molar-refractivity contribution in [2.75, 3.05) is 59.3 Å². The number of unbranched alkanes of at least 4 members (excludes halogenated alkanes) is 20. The molecule has 0 aromatic heterocycles. The highest BCUT2D eigenvalue weighted by Gasteiger charge is 2.15. The van der Waals surface area contributed by atoms with Gasteiger partial charge in [0.05, 0.1) is 19.8 Å². The summed E-state index contributed by atoms with van der Waals surface area (Å²) in [7, 11) is 4.18. The van der Waals surface area contributed by atoms with E-state index in [1.165, 1.54) is 108 Å². The molecule has 0 aromatic rings. The second-order valence-corrected chi connectivity index (χ2v) is 18.3. The van der Waals surface area contributed by atoms with E-state index < -0.39 is 6.16 Å². The molecule has 0 saturated carbocycles. The maximum Gasteiger partial charge on any atom is 0.508 e. The SMILES string of the molecule is CCCCCCCCCC(=O)OCC(C)CCCCCN(CCCCCCOC(=O)OCC(CCCCCCC)CCCCCCC)C(=O)SCCCCN(C)C. The summed E-state index contributed by atoms with van der Waals surface area (Å²) in [6.45, 7) is 12.9. The molecule has 1 amide bonds. The normalized spacial score (nSPS) is 12.0. The number of carbonyl (C=O) groups excluding carboxylic acids is 3. The molecule has 0 aliphatic rings. The van der Waals surface area contributed by atoms with Crippen molar-refractivity contribution in [3.8, 4) is 0 Å². The molecule has 0 rings (SSSR count). The quantitative estimate of drug-likeness (QED) is 0.0444. The second-order valence-electron chi connectivity index (χ2n) is 17.2. The van der Waals surface area contributed by atoms with E-state index in [-0.39, 0.29) is 11.2 Å². The zero-order valence-corrected chi connectivity index (χ0v) is 39.4. The van der Waals surface area contributed by atoms with Gasteiger partial charge in [-0.15, -0.1) is 0 Å². The lowest BCUT2D eigenvalue weighted by Gasteiger charge is -2.22. The van der Waals surface area contributed by atoms with Gasteiger partial charge in [-0.3, -0.25) is 9.59 Å². The molecule has 0 N–H and O–H groups in total. The van der Waals surface area contributed by atoms with E-state index >= 15 is 0 Å². The Bertz CT molecular complexity index is 892. The van der Waals surface area contributed by atoms with Gasteiger partial charge in [-0.2, -0.15) is 0 Å². The van der Waals surface area contributed by atoms with Crippen molar-refractivity contribution in [2.24, 2.45) is 11.8 Å². The molecule has 1 atom stereocenters. The molecule has 338 valence electrons. The summed E-state index contributed by atoms with van der Waals surface area (Å²) in [6.07, 6.45) is 33.5. The zero-order valence-electron chi connectivity index (χ0n) is 38.6. The van der Waals surface area contributed by atoms with Gasteiger partial charge in [0.25, 0.3) is 5.24 Å². The maximum absolute atomic E-state index is 13.2. The third-order valence-corrected chi connectivity index (χ3v) is 12.0. The highest BCUT2D eigenvalue weighted by molar-refractivity contribution is 8.13. The fourth-order valence-corrected chi connectivity index (χ4v) is 8.08. The highest BCUT2D eigenvalue weighted by Crippen LogP contribution is 2.20. The number of esters is 1. The van der Waals surface area contributed by atoms with Crippen molar-refractivity contribution in [1.82, 2.24) is 9.80 Å². The largest absolute Gasteiger partial charge is 0.508 e. The molecule has 0 aliphatic heterocycles. The van der Waals surface area contributed by atoms with Crippen LogP contribution in [0.3, 0.4) is 0 Å². The summed E-state index contributed by atoms with van der Waals surface area (Å²) in [5.41, 5.74) is 0. The van der Waals surface area contributed by atoms with Crippen molar-refractivity contribution in [3.63, 3.8) is 0 Å². The van der Waals surface area contributed by atoms with Crippen LogP contribution in [-0.2, 0) is 19.0 Å². The van der Waals surface area contributed by atoms with Gasteiger partial charge in [-0.1, -0.05) is 161 Å². The number of ether oxygens (including phenoxy) is 3. The minimum atomic E-state index is -0.523. The van der Waals surface area contributed by atoms with Crippen LogP contribution in [0.5, 0.6) is 0 Å². The van der Waals surface area contributed by atoms with Gasteiger partial charge >= 0.3 is 12.1 Å². The molecule has 0 spiro atoms. The van der Waals surface area contributed by atoms with Crippen molar-refractivity contribution < 1.29 is 28.6 Å². The minimum Gasteiger partial charge on any atom is -0.465 e. The van der Waals surface area contributed by atoms with E-state index in [4.69, 9.17) is 14.2 Å². The number of nitrogens with zero attached hydrogens (tertiary/aromatic N) is 2. The first kappa shape index (κ1) is 55.5. The van der Waals surface area contributed by atoms with Crippen LogP contribution in [0, 0.1) is 11.8 Å². The summed E-state index contributed by atoms with van der Waals surface area (Å²) < 4.78 is 16.6. The van der Waals surface area contributed by atoms with E-state index in [1.807, 2.05) is 0 Å². The van der Waals surface area contributed by atoms with Crippen LogP contribution in [0.4, 0.5) is 9.59 Å². The fourth-order valence-electron chi connectivity index (χ4n) is 7.19. The molecule has 0 aliphatic carbocycles. The van der Waals surface area contributed by atoms with Crippen LogP contribution in [0.25, 0.3) is 0 Å². The lowest BCUT2D eigenvalue weighted by molar-refractivity contribution is -0.145. The van der Waals surface area contributed by atoms with Gasteiger partial charge < -0.3 is 24.0 Å². The van der Waals surface area contributed by atoms with E-state index in [9.17, 15) is 14.4 Å². The van der Waals surface area contributed by atoms with Crippen LogP contribution < -0.4 is 0 Å². The van der Waals surface area contributed by atoms with E-state index in [1.54, 1.807) is 0 Å². The highest BCUT2D eigenvalue weighted by atomic mass is 32.2. The molecule has 8 nitrogen and oxygen atoms in total. The first-order valence-corrected chi connectivity index (χ1v) is 25.2. The summed E-state index contributed by atoms with van der Waals surface area (Å²) in [5, 5.41) is 0.201. The predicted molar refractivity (Wildman–Crippen MR) is 244 cm³/mol. The van der Waals surface area contributed by atoms with Crippen molar-refractivity contribution in [3.05, 3.63) is 0 Å². The van der Waals surface area contributed by atoms with Crippen LogP contribution >= 0.6 is 11.8 Å². The Morgan fingerprint density at radius 2 is 1.00 bits per heavy atom. The first-order chi connectivity index (χ1) is 27.7. The predicted octanol–water partition coefficient (Wildman–Crippen LogP) is 14.4. The molecule has 9 heteroatoms. The molecule has 1 unspecified atom stereocenters. The van der Waals surface area contributed by atoms with Crippen LogP contribution in [-0.4, -0.2) is 86.5 Å². The molecule has 0 saturated heterocycles. The van der Waals surface area contributed by atoms with Gasteiger partial charge in [0.1, 0.15) is 0 Å². The summed E-state index contributed by atoms with van der Waals surface area (Å²) in [5.74, 6) is 1.61. The molecule has 0 fully saturated rings. The lowest BCUT2D eigenvalue weighted by atomic mass is 9.95. The number of thioether (sulfide) groups is 1. The number of hydrogen-bond donors (Lipinski definition) is 0. The number of carbonyl (C=O) groups is 3. The standard InChI is InChI=1S/C48H94N2O6S/c1-7-10-13-16-17-20-27-36-46(51)55-42-44(4)33-24-23-29-39-50(47(52)57-41-32-30-37-49(5)6)38-28-21-22-31-40-54-48(53)56-43-45(34-25-18-14-11-8-2)35-26-19-15-12-9-3/h44-45H,7-43H2,1-6H3. The second kappa shape index (κ2) is 42.6. The Labute approximate surface area is 357 Å². The van der Waals surface area contributed by atoms with E-state index in [0.29, 0.717) is 38.1 Å². The fraction of sp³-hybridized carbons (Fsp3) is 0.938. The Kier molecular flexibility index (Phi) is 41.5. The molecule has 0 heterocycles.